The van der Waals surface area contributed by atoms with Crippen molar-refractivity contribution in [2.24, 2.45) is 5.41 Å². The molecular weight excluding hydrogens is 543 g/mol. The summed E-state index contributed by atoms with van der Waals surface area (Å²) in [5, 5.41) is 6.89. The van der Waals surface area contributed by atoms with Crippen LogP contribution in [-0.4, -0.2) is 75.4 Å². The van der Waals surface area contributed by atoms with Gasteiger partial charge >= 0.3 is 0 Å². The highest BCUT2D eigenvalue weighted by molar-refractivity contribution is 5.94. The molecule has 43 heavy (non-hydrogen) atoms. The van der Waals surface area contributed by atoms with Gasteiger partial charge in [-0.05, 0) is 80.9 Å². The van der Waals surface area contributed by atoms with Crippen molar-refractivity contribution in [3.8, 4) is 11.5 Å². The second-order valence-corrected chi connectivity index (χ2v) is 13.7. The molecular formula is C35H47FN4O3. The van der Waals surface area contributed by atoms with Crippen molar-refractivity contribution in [2.75, 3.05) is 57.3 Å². The topological polar surface area (TPSA) is 66.1 Å². The number of anilines is 1. The normalized spacial score (nSPS) is 26.9. The maximum absolute atomic E-state index is 14.7. The van der Waals surface area contributed by atoms with E-state index in [0.29, 0.717) is 30.2 Å². The fourth-order valence-electron chi connectivity index (χ4n) is 8.08. The minimum atomic E-state index is -0.254. The quantitative estimate of drug-likeness (QED) is 0.445. The number of hydrogen-bond acceptors (Lipinski definition) is 6. The molecule has 7 rings (SSSR count). The third-order valence-electron chi connectivity index (χ3n) is 10.6. The number of piperidine rings is 1. The number of likely N-dealkylation sites (tertiary alicyclic amines) is 1. The summed E-state index contributed by atoms with van der Waals surface area (Å²) >= 11 is 0. The van der Waals surface area contributed by atoms with Gasteiger partial charge in [-0.2, -0.15) is 0 Å². The number of ether oxygens (including phenoxy) is 2. The number of amides is 1. The molecule has 232 valence electrons. The van der Waals surface area contributed by atoms with Crippen molar-refractivity contribution in [3.05, 3.63) is 53.3 Å². The molecule has 2 aromatic rings. The Labute approximate surface area is 255 Å². The number of nitrogens with zero attached hydrogens (tertiary/aromatic N) is 2. The minimum Gasteiger partial charge on any atom is -0.490 e. The Hall–Kier alpha value is -2.84. The third kappa shape index (κ3) is 6.51. The third-order valence-corrected chi connectivity index (χ3v) is 10.6. The predicted molar refractivity (Wildman–Crippen MR) is 167 cm³/mol. The van der Waals surface area contributed by atoms with Gasteiger partial charge in [0.1, 0.15) is 29.5 Å². The highest BCUT2D eigenvalue weighted by Gasteiger charge is 2.40. The molecule has 7 nitrogen and oxygen atoms in total. The number of halogens is 1. The lowest BCUT2D eigenvalue weighted by molar-refractivity contribution is 0.0595. The maximum Gasteiger partial charge on any atom is 0.253 e. The lowest BCUT2D eigenvalue weighted by Crippen LogP contribution is -2.41. The van der Waals surface area contributed by atoms with Gasteiger partial charge in [-0.25, -0.2) is 4.39 Å². The summed E-state index contributed by atoms with van der Waals surface area (Å²) in [5.74, 6) is 1.85. The van der Waals surface area contributed by atoms with E-state index in [0.717, 1.165) is 94.8 Å². The van der Waals surface area contributed by atoms with Crippen molar-refractivity contribution < 1.29 is 18.7 Å². The highest BCUT2D eigenvalue weighted by atomic mass is 19.1. The smallest absolute Gasteiger partial charge is 0.253 e. The average molecular weight is 591 g/mol. The largest absolute Gasteiger partial charge is 0.490 e. The molecule has 0 radical (unpaired) electrons. The first kappa shape index (κ1) is 28.9. The van der Waals surface area contributed by atoms with E-state index in [1.807, 2.05) is 23.1 Å². The summed E-state index contributed by atoms with van der Waals surface area (Å²) in [5.41, 5.74) is 3.21. The Bertz CT molecular complexity index is 1280. The first-order chi connectivity index (χ1) is 21.0. The number of hydrogen-bond donors (Lipinski definition) is 2. The second-order valence-electron chi connectivity index (χ2n) is 13.7. The number of carbonyl (C=O) groups excluding carboxylic acids is 1. The van der Waals surface area contributed by atoms with Crippen molar-refractivity contribution in [3.63, 3.8) is 0 Å². The number of rotatable bonds is 7. The Kier molecular flexibility index (Phi) is 8.50. The van der Waals surface area contributed by atoms with Crippen LogP contribution in [0.5, 0.6) is 11.5 Å². The standard InChI is InChI=1S/C35H47FN4O3/c36-27-19-28(40-17-12-35(24-40)11-14-38-23-35)21-31(20-27)42-29-9-15-39(16-10-29)34(41)26-6-7-33(43-30-8-13-37-22-30)32(18-26)25-4-2-1-3-5-25/h6-7,18-21,25,29-30,37-38H,1-5,8-17,22-24H2/t30-,35?/m0/s1. The van der Waals surface area contributed by atoms with Crippen LogP contribution in [0.2, 0.25) is 0 Å². The number of carbonyl (C=O) groups is 1. The molecule has 0 aromatic heterocycles. The number of nitrogens with one attached hydrogen (secondary N) is 2. The summed E-state index contributed by atoms with van der Waals surface area (Å²) < 4.78 is 27.5. The van der Waals surface area contributed by atoms with Gasteiger partial charge in [0, 0.05) is 80.9 Å². The van der Waals surface area contributed by atoms with Crippen LogP contribution < -0.4 is 25.0 Å². The molecule has 1 unspecified atom stereocenters. The van der Waals surface area contributed by atoms with E-state index in [4.69, 9.17) is 9.47 Å². The molecule has 0 bridgehead atoms. The number of benzene rings is 2. The summed E-state index contributed by atoms with van der Waals surface area (Å²) in [4.78, 5) is 17.9. The van der Waals surface area contributed by atoms with Crippen LogP contribution in [0.3, 0.4) is 0 Å². The van der Waals surface area contributed by atoms with Gasteiger partial charge < -0.3 is 29.9 Å². The molecule has 4 heterocycles. The van der Waals surface area contributed by atoms with E-state index >= 15 is 0 Å². The van der Waals surface area contributed by atoms with Crippen LogP contribution in [0.1, 0.15) is 86.0 Å². The van der Waals surface area contributed by atoms with Gasteiger partial charge in [-0.1, -0.05) is 19.3 Å². The van der Waals surface area contributed by atoms with E-state index in [1.165, 1.54) is 37.3 Å². The van der Waals surface area contributed by atoms with Gasteiger partial charge in [-0.15, -0.1) is 0 Å². The first-order valence-electron chi connectivity index (χ1n) is 16.8. The lowest BCUT2D eigenvalue weighted by atomic mass is 9.83. The molecule has 2 atom stereocenters. The molecule has 2 aromatic carbocycles. The van der Waals surface area contributed by atoms with Gasteiger partial charge in [-0.3, -0.25) is 4.79 Å². The molecule has 1 aliphatic carbocycles. The van der Waals surface area contributed by atoms with E-state index in [1.54, 1.807) is 6.07 Å². The SMILES string of the molecule is O=C(c1ccc(O[C@H]2CCNC2)c(C2CCCCC2)c1)N1CCC(Oc2cc(F)cc(N3CCC4(CCNC4)C3)c2)CC1. The average Bonchev–Trinajstić information content (AvgIpc) is 3.81. The minimum absolute atomic E-state index is 0.0313. The van der Waals surface area contributed by atoms with Crippen LogP contribution in [-0.2, 0) is 0 Å². The zero-order valence-corrected chi connectivity index (χ0v) is 25.4. The molecule has 5 aliphatic rings. The zero-order valence-electron chi connectivity index (χ0n) is 25.4. The maximum atomic E-state index is 14.7. The molecule has 2 N–H and O–H groups in total. The first-order valence-corrected chi connectivity index (χ1v) is 16.8. The Morgan fingerprint density at radius 1 is 0.860 bits per heavy atom. The molecule has 1 saturated carbocycles. The molecule has 4 saturated heterocycles. The van der Waals surface area contributed by atoms with Crippen molar-refractivity contribution in [1.29, 1.82) is 0 Å². The van der Waals surface area contributed by atoms with Crippen LogP contribution in [0, 0.1) is 11.2 Å². The van der Waals surface area contributed by atoms with Crippen molar-refractivity contribution in [1.82, 2.24) is 15.5 Å². The monoisotopic (exact) mass is 590 g/mol. The van der Waals surface area contributed by atoms with Gasteiger partial charge in [0.05, 0.1) is 0 Å². The van der Waals surface area contributed by atoms with Crippen LogP contribution >= 0.6 is 0 Å². The fraction of sp³-hybridized carbons (Fsp3) is 0.629. The van der Waals surface area contributed by atoms with E-state index < -0.39 is 0 Å². The molecule has 1 spiro atoms. The van der Waals surface area contributed by atoms with Gasteiger partial charge in [0.2, 0.25) is 0 Å². The fourth-order valence-corrected chi connectivity index (χ4v) is 8.08. The zero-order chi connectivity index (χ0) is 29.2. The molecule has 1 amide bonds. The van der Waals surface area contributed by atoms with E-state index in [2.05, 4.69) is 21.6 Å². The summed E-state index contributed by atoms with van der Waals surface area (Å²) in [6.07, 6.45) is 11.1. The van der Waals surface area contributed by atoms with Gasteiger partial charge in [0.15, 0.2) is 0 Å². The van der Waals surface area contributed by atoms with Crippen LogP contribution in [0.15, 0.2) is 36.4 Å². The van der Waals surface area contributed by atoms with Crippen molar-refractivity contribution >= 4 is 11.6 Å². The predicted octanol–water partition coefficient (Wildman–Crippen LogP) is 5.49. The molecule has 5 fully saturated rings. The van der Waals surface area contributed by atoms with Crippen LogP contribution in [0.25, 0.3) is 0 Å². The van der Waals surface area contributed by atoms with Crippen LogP contribution in [0.4, 0.5) is 10.1 Å². The second kappa shape index (κ2) is 12.6. The summed E-state index contributed by atoms with van der Waals surface area (Å²) in [6, 6.07) is 11.3. The summed E-state index contributed by atoms with van der Waals surface area (Å²) in [6.45, 7) is 7.21. The Balaban J connectivity index is 0.981. The lowest BCUT2D eigenvalue weighted by Gasteiger charge is -2.33. The van der Waals surface area contributed by atoms with E-state index in [9.17, 15) is 9.18 Å². The highest BCUT2D eigenvalue weighted by Crippen LogP contribution is 2.40. The van der Waals surface area contributed by atoms with E-state index in [-0.39, 0.29) is 23.9 Å². The molecule has 8 heteroatoms. The summed E-state index contributed by atoms with van der Waals surface area (Å²) in [7, 11) is 0. The van der Waals surface area contributed by atoms with Crippen molar-refractivity contribution in [2.45, 2.75) is 82.3 Å². The Morgan fingerprint density at radius 3 is 2.49 bits per heavy atom. The van der Waals surface area contributed by atoms with Gasteiger partial charge in [0.25, 0.3) is 5.91 Å². The molecule has 4 aliphatic heterocycles. The Morgan fingerprint density at radius 2 is 1.72 bits per heavy atom.